The highest BCUT2D eigenvalue weighted by Gasteiger charge is 2.51. The third kappa shape index (κ3) is 2.24. The quantitative estimate of drug-likeness (QED) is 0.789. The number of carbonyl (C=O) groups is 1. The van der Waals surface area contributed by atoms with Crippen LogP contribution in [0, 0.1) is 5.41 Å². The second-order valence-electron chi connectivity index (χ2n) is 5.52. The Balaban J connectivity index is 1.93. The SMILES string of the molecule is CNCC1(C(=O)N(C)C2CCCCC2)CC1. The van der Waals surface area contributed by atoms with Crippen molar-refractivity contribution in [2.24, 2.45) is 5.41 Å². The smallest absolute Gasteiger partial charge is 0.230 e. The van der Waals surface area contributed by atoms with Crippen molar-refractivity contribution in [2.45, 2.75) is 51.0 Å². The minimum Gasteiger partial charge on any atom is -0.342 e. The standard InChI is InChI=1S/C13H24N2O/c1-14-10-13(8-9-13)12(16)15(2)11-6-4-3-5-7-11/h11,14H,3-10H2,1-2H3. The van der Waals surface area contributed by atoms with E-state index in [0.29, 0.717) is 11.9 Å². The van der Waals surface area contributed by atoms with Gasteiger partial charge in [-0.2, -0.15) is 0 Å². The molecule has 0 unspecified atom stereocenters. The number of hydrogen-bond acceptors (Lipinski definition) is 2. The fourth-order valence-corrected chi connectivity index (χ4v) is 2.96. The van der Waals surface area contributed by atoms with E-state index in [0.717, 1.165) is 19.4 Å². The molecule has 0 aliphatic heterocycles. The van der Waals surface area contributed by atoms with Crippen LogP contribution >= 0.6 is 0 Å². The highest BCUT2D eigenvalue weighted by atomic mass is 16.2. The Hall–Kier alpha value is -0.570. The fourth-order valence-electron chi connectivity index (χ4n) is 2.96. The number of amides is 1. The normalized spacial score (nSPS) is 24.1. The molecule has 3 heteroatoms. The van der Waals surface area contributed by atoms with E-state index in [-0.39, 0.29) is 5.41 Å². The van der Waals surface area contributed by atoms with Crippen LogP contribution in [-0.2, 0) is 4.79 Å². The Bertz CT molecular complexity index is 255. The van der Waals surface area contributed by atoms with Crippen LogP contribution in [0.3, 0.4) is 0 Å². The Morgan fingerprint density at radius 2 is 1.94 bits per heavy atom. The van der Waals surface area contributed by atoms with Crippen molar-refractivity contribution in [3.05, 3.63) is 0 Å². The summed E-state index contributed by atoms with van der Waals surface area (Å²) in [4.78, 5) is 14.4. The van der Waals surface area contributed by atoms with Gasteiger partial charge in [0.15, 0.2) is 0 Å². The van der Waals surface area contributed by atoms with E-state index < -0.39 is 0 Å². The van der Waals surface area contributed by atoms with Crippen LogP contribution in [0.15, 0.2) is 0 Å². The number of hydrogen-bond donors (Lipinski definition) is 1. The molecule has 0 spiro atoms. The molecule has 0 saturated heterocycles. The molecule has 0 aromatic carbocycles. The van der Waals surface area contributed by atoms with Crippen LogP contribution in [-0.4, -0.2) is 37.5 Å². The van der Waals surface area contributed by atoms with Crippen LogP contribution in [0.4, 0.5) is 0 Å². The highest BCUT2D eigenvalue weighted by Crippen LogP contribution is 2.47. The molecule has 0 aromatic rings. The summed E-state index contributed by atoms with van der Waals surface area (Å²) in [5, 5.41) is 3.16. The van der Waals surface area contributed by atoms with Gasteiger partial charge < -0.3 is 10.2 Å². The summed E-state index contributed by atoms with van der Waals surface area (Å²) >= 11 is 0. The van der Waals surface area contributed by atoms with Gasteiger partial charge in [-0.05, 0) is 32.7 Å². The van der Waals surface area contributed by atoms with Crippen LogP contribution < -0.4 is 5.32 Å². The van der Waals surface area contributed by atoms with E-state index in [1.165, 1.54) is 32.1 Å². The van der Waals surface area contributed by atoms with Gasteiger partial charge in [0.25, 0.3) is 0 Å². The number of rotatable bonds is 4. The molecule has 1 N–H and O–H groups in total. The van der Waals surface area contributed by atoms with E-state index in [1.807, 2.05) is 19.0 Å². The van der Waals surface area contributed by atoms with Crippen LogP contribution in [0.5, 0.6) is 0 Å². The number of carbonyl (C=O) groups excluding carboxylic acids is 1. The van der Waals surface area contributed by atoms with Crippen LogP contribution in [0.25, 0.3) is 0 Å². The van der Waals surface area contributed by atoms with Crippen LogP contribution in [0.1, 0.15) is 44.9 Å². The number of nitrogens with zero attached hydrogens (tertiary/aromatic N) is 1. The van der Waals surface area contributed by atoms with Gasteiger partial charge in [0, 0.05) is 19.6 Å². The zero-order valence-corrected chi connectivity index (χ0v) is 10.6. The topological polar surface area (TPSA) is 32.3 Å². The second kappa shape index (κ2) is 4.74. The molecule has 0 atom stereocenters. The summed E-state index contributed by atoms with van der Waals surface area (Å²) in [6.45, 7) is 0.850. The first-order valence-electron chi connectivity index (χ1n) is 6.61. The van der Waals surface area contributed by atoms with Gasteiger partial charge in [-0.1, -0.05) is 19.3 Å². The first kappa shape index (κ1) is 11.9. The van der Waals surface area contributed by atoms with Crippen molar-refractivity contribution in [1.82, 2.24) is 10.2 Å². The lowest BCUT2D eigenvalue weighted by Gasteiger charge is -2.33. The Labute approximate surface area is 98.6 Å². The molecule has 2 fully saturated rings. The van der Waals surface area contributed by atoms with Crippen LogP contribution in [0.2, 0.25) is 0 Å². The zero-order valence-electron chi connectivity index (χ0n) is 10.6. The Morgan fingerprint density at radius 3 is 2.44 bits per heavy atom. The third-order valence-electron chi connectivity index (χ3n) is 4.27. The van der Waals surface area contributed by atoms with Crippen molar-refractivity contribution < 1.29 is 4.79 Å². The molecule has 2 saturated carbocycles. The Morgan fingerprint density at radius 1 is 1.31 bits per heavy atom. The van der Waals surface area contributed by atoms with Gasteiger partial charge in [-0.15, -0.1) is 0 Å². The summed E-state index contributed by atoms with van der Waals surface area (Å²) in [7, 11) is 3.95. The lowest BCUT2D eigenvalue weighted by molar-refractivity contribution is -0.138. The van der Waals surface area contributed by atoms with Gasteiger partial charge in [0.2, 0.25) is 5.91 Å². The number of nitrogens with one attached hydrogen (secondary N) is 1. The molecule has 0 bridgehead atoms. The van der Waals surface area contributed by atoms with Gasteiger partial charge in [0.1, 0.15) is 0 Å². The summed E-state index contributed by atoms with van der Waals surface area (Å²) in [6.07, 6.45) is 8.49. The molecule has 16 heavy (non-hydrogen) atoms. The summed E-state index contributed by atoms with van der Waals surface area (Å²) in [6, 6.07) is 0.510. The monoisotopic (exact) mass is 224 g/mol. The van der Waals surface area contributed by atoms with Gasteiger partial charge >= 0.3 is 0 Å². The van der Waals surface area contributed by atoms with Gasteiger partial charge in [-0.25, -0.2) is 0 Å². The van der Waals surface area contributed by atoms with Crippen molar-refractivity contribution in [2.75, 3.05) is 20.6 Å². The van der Waals surface area contributed by atoms with Crippen molar-refractivity contribution in [3.63, 3.8) is 0 Å². The molecule has 92 valence electrons. The molecule has 2 aliphatic rings. The molecule has 0 aromatic heterocycles. The third-order valence-corrected chi connectivity index (χ3v) is 4.27. The minimum atomic E-state index is -0.0407. The average molecular weight is 224 g/mol. The fraction of sp³-hybridized carbons (Fsp3) is 0.923. The van der Waals surface area contributed by atoms with Crippen molar-refractivity contribution >= 4 is 5.91 Å². The molecule has 1 amide bonds. The zero-order chi connectivity index (χ0) is 11.6. The first-order chi connectivity index (χ1) is 7.69. The lowest BCUT2D eigenvalue weighted by Crippen LogP contribution is -2.45. The minimum absolute atomic E-state index is 0.0407. The Kier molecular flexibility index (Phi) is 3.53. The second-order valence-corrected chi connectivity index (χ2v) is 5.52. The molecular formula is C13H24N2O. The van der Waals surface area contributed by atoms with Crippen molar-refractivity contribution in [1.29, 1.82) is 0 Å². The van der Waals surface area contributed by atoms with Crippen molar-refractivity contribution in [3.8, 4) is 0 Å². The van der Waals surface area contributed by atoms with Gasteiger partial charge in [0.05, 0.1) is 5.41 Å². The summed E-state index contributed by atoms with van der Waals surface area (Å²) < 4.78 is 0. The first-order valence-corrected chi connectivity index (χ1v) is 6.61. The summed E-state index contributed by atoms with van der Waals surface area (Å²) in [5.41, 5.74) is -0.0407. The largest absolute Gasteiger partial charge is 0.342 e. The predicted octanol–water partition coefficient (Wildman–Crippen LogP) is 1.78. The molecule has 3 nitrogen and oxygen atoms in total. The predicted molar refractivity (Wildman–Crippen MR) is 65.2 cm³/mol. The van der Waals surface area contributed by atoms with E-state index >= 15 is 0 Å². The van der Waals surface area contributed by atoms with E-state index in [9.17, 15) is 4.79 Å². The highest BCUT2D eigenvalue weighted by molar-refractivity contribution is 5.85. The summed E-state index contributed by atoms with van der Waals surface area (Å²) in [5.74, 6) is 0.383. The lowest BCUT2D eigenvalue weighted by atomic mass is 9.93. The molecule has 0 heterocycles. The van der Waals surface area contributed by atoms with Gasteiger partial charge in [-0.3, -0.25) is 4.79 Å². The maximum atomic E-state index is 12.4. The van der Waals surface area contributed by atoms with E-state index in [2.05, 4.69) is 5.32 Å². The molecule has 2 rings (SSSR count). The van der Waals surface area contributed by atoms with E-state index in [4.69, 9.17) is 0 Å². The molecular weight excluding hydrogens is 200 g/mol. The average Bonchev–Trinajstić information content (AvgIpc) is 3.10. The molecule has 0 radical (unpaired) electrons. The maximum absolute atomic E-state index is 12.4. The molecule has 2 aliphatic carbocycles. The maximum Gasteiger partial charge on any atom is 0.230 e. The van der Waals surface area contributed by atoms with E-state index in [1.54, 1.807) is 0 Å².